The van der Waals surface area contributed by atoms with E-state index in [0.29, 0.717) is 6.04 Å². The third-order valence-corrected chi connectivity index (χ3v) is 4.57. The minimum Gasteiger partial charge on any atom is -0.314 e. The van der Waals surface area contributed by atoms with Crippen molar-refractivity contribution in [1.29, 1.82) is 0 Å². The highest BCUT2D eigenvalue weighted by atomic mass is 15.2. The van der Waals surface area contributed by atoms with Gasteiger partial charge in [-0.25, -0.2) is 0 Å². The summed E-state index contributed by atoms with van der Waals surface area (Å²) >= 11 is 0. The van der Waals surface area contributed by atoms with Crippen molar-refractivity contribution in [3.05, 3.63) is 18.0 Å². The van der Waals surface area contributed by atoms with E-state index in [4.69, 9.17) is 0 Å². The Morgan fingerprint density at radius 1 is 1.33 bits per heavy atom. The number of rotatable bonds is 7. The Labute approximate surface area is 129 Å². The third kappa shape index (κ3) is 5.44. The molecule has 0 spiro atoms. The summed E-state index contributed by atoms with van der Waals surface area (Å²) in [5, 5.41) is 8.06. The van der Waals surface area contributed by atoms with E-state index in [-0.39, 0.29) is 0 Å². The van der Waals surface area contributed by atoms with Crippen molar-refractivity contribution in [2.75, 3.05) is 20.1 Å². The Hall–Kier alpha value is -0.870. The lowest BCUT2D eigenvalue weighted by atomic mass is 9.94. The topological polar surface area (TPSA) is 33.1 Å². The number of aromatic nitrogens is 2. The molecule has 0 amide bonds. The van der Waals surface area contributed by atoms with E-state index in [2.05, 4.69) is 35.5 Å². The van der Waals surface area contributed by atoms with Gasteiger partial charge in [0.15, 0.2) is 0 Å². The minimum atomic E-state index is 0.712. The molecule has 4 heteroatoms. The van der Waals surface area contributed by atoms with Crippen molar-refractivity contribution < 1.29 is 0 Å². The first-order valence-corrected chi connectivity index (χ1v) is 8.58. The molecule has 1 fully saturated rings. The quantitative estimate of drug-likeness (QED) is 0.785. The summed E-state index contributed by atoms with van der Waals surface area (Å²) in [6.45, 7) is 5.61. The van der Waals surface area contributed by atoms with Crippen molar-refractivity contribution in [1.82, 2.24) is 20.0 Å². The average molecular weight is 292 g/mol. The van der Waals surface area contributed by atoms with Crippen LogP contribution in [0.3, 0.4) is 0 Å². The van der Waals surface area contributed by atoms with Crippen LogP contribution in [-0.2, 0) is 13.6 Å². The molecule has 1 aliphatic rings. The maximum absolute atomic E-state index is 4.26. The highest BCUT2D eigenvalue weighted by molar-refractivity contribution is 5.03. The maximum Gasteiger partial charge on any atom is 0.0534 e. The molecule has 21 heavy (non-hydrogen) atoms. The van der Waals surface area contributed by atoms with E-state index in [9.17, 15) is 0 Å². The first kappa shape index (κ1) is 16.5. The van der Waals surface area contributed by atoms with Gasteiger partial charge in [-0.15, -0.1) is 0 Å². The minimum absolute atomic E-state index is 0.712. The number of nitrogens with one attached hydrogen (secondary N) is 1. The molecule has 1 aromatic heterocycles. The average Bonchev–Trinajstić information content (AvgIpc) is 2.73. The van der Waals surface area contributed by atoms with Crippen LogP contribution in [-0.4, -0.2) is 40.9 Å². The summed E-state index contributed by atoms with van der Waals surface area (Å²) in [6.07, 6.45) is 12.3. The predicted octanol–water partition coefficient (Wildman–Crippen LogP) is 2.80. The third-order valence-electron chi connectivity index (χ3n) is 4.57. The van der Waals surface area contributed by atoms with Crippen LogP contribution in [0, 0.1) is 5.92 Å². The van der Waals surface area contributed by atoms with Gasteiger partial charge in [-0.3, -0.25) is 4.68 Å². The van der Waals surface area contributed by atoms with Gasteiger partial charge in [0.05, 0.1) is 6.20 Å². The molecule has 2 atom stereocenters. The van der Waals surface area contributed by atoms with E-state index in [0.717, 1.165) is 19.0 Å². The van der Waals surface area contributed by atoms with Crippen LogP contribution < -0.4 is 5.32 Å². The van der Waals surface area contributed by atoms with Gasteiger partial charge in [0, 0.05) is 37.9 Å². The van der Waals surface area contributed by atoms with Gasteiger partial charge in [-0.2, -0.15) is 5.10 Å². The molecule has 2 rings (SSSR count). The van der Waals surface area contributed by atoms with Gasteiger partial charge < -0.3 is 10.2 Å². The van der Waals surface area contributed by atoms with Gasteiger partial charge in [-0.05, 0) is 38.8 Å². The lowest BCUT2D eigenvalue weighted by Crippen LogP contribution is -2.41. The SMILES string of the molecule is CCCNC1CCCCCC1CN(C)Cc1cnn(C)c1. The molecule has 0 aromatic carbocycles. The fourth-order valence-corrected chi connectivity index (χ4v) is 3.53. The molecule has 1 saturated carbocycles. The van der Waals surface area contributed by atoms with Crippen molar-refractivity contribution in [2.45, 2.75) is 58.0 Å². The summed E-state index contributed by atoms with van der Waals surface area (Å²) in [4.78, 5) is 2.47. The van der Waals surface area contributed by atoms with E-state index in [1.165, 1.54) is 50.6 Å². The number of nitrogens with zero attached hydrogens (tertiary/aromatic N) is 3. The van der Waals surface area contributed by atoms with Crippen molar-refractivity contribution in [3.63, 3.8) is 0 Å². The lowest BCUT2D eigenvalue weighted by molar-refractivity contribution is 0.218. The molecule has 1 aromatic rings. The fraction of sp³-hybridized carbons (Fsp3) is 0.824. The highest BCUT2D eigenvalue weighted by Gasteiger charge is 2.24. The Kier molecular flexibility index (Phi) is 6.71. The molecule has 120 valence electrons. The molecule has 0 aliphatic heterocycles. The summed E-state index contributed by atoms with van der Waals surface area (Å²) in [7, 11) is 4.23. The first-order chi connectivity index (χ1) is 10.2. The standard InChI is InChI=1S/C17H32N4/c1-4-10-18-17-9-7-5-6-8-16(17)14-20(2)12-15-11-19-21(3)13-15/h11,13,16-18H,4-10,12,14H2,1-3H3. The van der Waals surface area contributed by atoms with Crippen LogP contribution in [0.25, 0.3) is 0 Å². The van der Waals surface area contributed by atoms with E-state index in [1.807, 2.05) is 17.9 Å². The molecule has 1 aliphatic carbocycles. The summed E-state index contributed by atoms with van der Waals surface area (Å²) < 4.78 is 1.89. The predicted molar refractivity (Wildman–Crippen MR) is 88.2 cm³/mol. The van der Waals surface area contributed by atoms with Crippen LogP contribution >= 0.6 is 0 Å². The second kappa shape index (κ2) is 8.54. The Balaban J connectivity index is 1.87. The van der Waals surface area contributed by atoms with E-state index in [1.54, 1.807) is 0 Å². The Bertz CT molecular complexity index is 401. The lowest BCUT2D eigenvalue weighted by Gasteiger charge is -2.30. The van der Waals surface area contributed by atoms with E-state index >= 15 is 0 Å². The van der Waals surface area contributed by atoms with Crippen LogP contribution in [0.2, 0.25) is 0 Å². The largest absolute Gasteiger partial charge is 0.314 e. The van der Waals surface area contributed by atoms with E-state index < -0.39 is 0 Å². The molecule has 0 radical (unpaired) electrons. The van der Waals surface area contributed by atoms with Gasteiger partial charge in [0.2, 0.25) is 0 Å². The molecule has 1 N–H and O–H groups in total. The normalized spacial score (nSPS) is 23.4. The smallest absolute Gasteiger partial charge is 0.0534 e. The molecule has 1 heterocycles. The van der Waals surface area contributed by atoms with Gasteiger partial charge in [-0.1, -0.05) is 26.2 Å². The zero-order chi connectivity index (χ0) is 15.1. The second-order valence-corrected chi connectivity index (χ2v) is 6.68. The van der Waals surface area contributed by atoms with Crippen molar-refractivity contribution >= 4 is 0 Å². The Morgan fingerprint density at radius 3 is 2.86 bits per heavy atom. The van der Waals surface area contributed by atoms with Gasteiger partial charge in [0.25, 0.3) is 0 Å². The molecular formula is C17H32N4. The van der Waals surface area contributed by atoms with Crippen LogP contribution in [0.4, 0.5) is 0 Å². The monoisotopic (exact) mass is 292 g/mol. The Morgan fingerprint density at radius 2 is 2.14 bits per heavy atom. The molecule has 0 saturated heterocycles. The zero-order valence-corrected chi connectivity index (χ0v) is 14.0. The molecule has 4 nitrogen and oxygen atoms in total. The van der Waals surface area contributed by atoms with Crippen LogP contribution in [0.15, 0.2) is 12.4 Å². The fourth-order valence-electron chi connectivity index (χ4n) is 3.53. The highest BCUT2D eigenvalue weighted by Crippen LogP contribution is 2.24. The van der Waals surface area contributed by atoms with Crippen molar-refractivity contribution in [3.8, 4) is 0 Å². The first-order valence-electron chi connectivity index (χ1n) is 8.58. The summed E-state index contributed by atoms with van der Waals surface area (Å²) in [6, 6.07) is 0.712. The van der Waals surface area contributed by atoms with Crippen LogP contribution in [0.1, 0.15) is 51.0 Å². The van der Waals surface area contributed by atoms with Gasteiger partial charge >= 0.3 is 0 Å². The molecular weight excluding hydrogens is 260 g/mol. The van der Waals surface area contributed by atoms with Gasteiger partial charge in [0.1, 0.15) is 0 Å². The molecule has 0 bridgehead atoms. The van der Waals surface area contributed by atoms with Crippen LogP contribution in [0.5, 0.6) is 0 Å². The summed E-state index contributed by atoms with van der Waals surface area (Å²) in [5.74, 6) is 0.792. The number of aryl methyl sites for hydroxylation is 1. The van der Waals surface area contributed by atoms with Crippen molar-refractivity contribution in [2.24, 2.45) is 13.0 Å². The maximum atomic E-state index is 4.26. The number of hydrogen-bond donors (Lipinski definition) is 1. The number of hydrogen-bond acceptors (Lipinski definition) is 3. The summed E-state index contributed by atoms with van der Waals surface area (Å²) in [5.41, 5.74) is 1.31. The molecule has 2 unspecified atom stereocenters. The zero-order valence-electron chi connectivity index (χ0n) is 14.0. The second-order valence-electron chi connectivity index (χ2n) is 6.68.